The number of nitrogens with one attached hydrogen (secondary N) is 1. The normalized spacial score (nSPS) is 17.8. The van der Waals surface area contributed by atoms with Crippen LogP contribution in [0.3, 0.4) is 0 Å². The molecule has 0 radical (unpaired) electrons. The summed E-state index contributed by atoms with van der Waals surface area (Å²) in [5.41, 5.74) is 2.43. The van der Waals surface area contributed by atoms with E-state index in [4.69, 9.17) is 9.84 Å². The van der Waals surface area contributed by atoms with Gasteiger partial charge in [0.25, 0.3) is 5.91 Å². The average molecular weight is 543 g/mol. The Kier molecular flexibility index (Phi) is 9.05. The van der Waals surface area contributed by atoms with Crippen molar-refractivity contribution in [3.05, 3.63) is 53.3 Å². The molecule has 0 aliphatic heterocycles. The number of amides is 1. The van der Waals surface area contributed by atoms with Crippen LogP contribution in [0.25, 0.3) is 11.4 Å². The molecular formula is C26H34N6O5S. The monoisotopic (exact) mass is 542 g/mol. The SMILES string of the molecule is Cc1cc(-c2nnn(C[C@H]3CC[C@H](CS(C)(=O)=O)CC3)n2)cc(C(=O)NCc2cccc(OCCO)c2)n1. The largest absolute Gasteiger partial charge is 0.491 e. The van der Waals surface area contributed by atoms with Crippen molar-refractivity contribution in [2.45, 2.75) is 45.7 Å². The van der Waals surface area contributed by atoms with E-state index in [1.807, 2.05) is 31.2 Å². The number of aromatic nitrogens is 5. The molecule has 12 heteroatoms. The van der Waals surface area contributed by atoms with Gasteiger partial charge in [-0.25, -0.2) is 13.4 Å². The lowest BCUT2D eigenvalue weighted by Gasteiger charge is -2.27. The Morgan fingerprint density at radius 3 is 2.66 bits per heavy atom. The third kappa shape index (κ3) is 8.06. The molecule has 2 N–H and O–H groups in total. The molecule has 2 heterocycles. The fourth-order valence-electron chi connectivity index (χ4n) is 4.77. The van der Waals surface area contributed by atoms with Crippen LogP contribution in [-0.4, -0.2) is 69.8 Å². The van der Waals surface area contributed by atoms with Crippen LogP contribution in [0, 0.1) is 18.8 Å². The molecule has 2 aromatic heterocycles. The number of rotatable bonds is 11. The summed E-state index contributed by atoms with van der Waals surface area (Å²) in [5.74, 6) is 1.58. The molecule has 4 rings (SSSR count). The van der Waals surface area contributed by atoms with Crippen molar-refractivity contribution in [3.8, 4) is 17.1 Å². The molecule has 0 unspecified atom stereocenters. The molecule has 0 saturated heterocycles. The summed E-state index contributed by atoms with van der Waals surface area (Å²) in [4.78, 5) is 18.8. The number of benzene rings is 1. The second-order valence-electron chi connectivity index (χ2n) is 9.93. The zero-order valence-electron chi connectivity index (χ0n) is 21.7. The van der Waals surface area contributed by atoms with Gasteiger partial charge in [-0.05, 0) is 79.5 Å². The van der Waals surface area contributed by atoms with Gasteiger partial charge >= 0.3 is 0 Å². The number of carbonyl (C=O) groups excluding carboxylic acids is 1. The fourth-order valence-corrected chi connectivity index (χ4v) is 5.96. The number of aryl methyl sites for hydroxylation is 1. The van der Waals surface area contributed by atoms with Crippen molar-refractivity contribution in [3.63, 3.8) is 0 Å². The quantitative estimate of drug-likeness (QED) is 0.372. The van der Waals surface area contributed by atoms with E-state index < -0.39 is 9.84 Å². The maximum absolute atomic E-state index is 12.9. The molecule has 1 aliphatic rings. The highest BCUT2D eigenvalue weighted by molar-refractivity contribution is 7.90. The first-order chi connectivity index (χ1) is 18.2. The van der Waals surface area contributed by atoms with E-state index in [0.29, 0.717) is 41.8 Å². The minimum Gasteiger partial charge on any atom is -0.491 e. The Balaban J connectivity index is 1.35. The zero-order chi connectivity index (χ0) is 27.1. The van der Waals surface area contributed by atoms with Crippen LogP contribution in [0.5, 0.6) is 5.75 Å². The number of aliphatic hydroxyl groups excluding tert-OH is 1. The Labute approximate surface area is 222 Å². The van der Waals surface area contributed by atoms with Crippen LogP contribution in [-0.2, 0) is 22.9 Å². The number of tetrazole rings is 1. The van der Waals surface area contributed by atoms with Gasteiger partial charge in [0.15, 0.2) is 0 Å². The van der Waals surface area contributed by atoms with Gasteiger partial charge in [-0.2, -0.15) is 4.80 Å². The lowest BCUT2D eigenvalue weighted by molar-refractivity contribution is 0.0945. The van der Waals surface area contributed by atoms with Gasteiger partial charge in [0.1, 0.15) is 27.9 Å². The van der Waals surface area contributed by atoms with E-state index in [-0.39, 0.29) is 36.5 Å². The first-order valence-corrected chi connectivity index (χ1v) is 14.8. The summed E-state index contributed by atoms with van der Waals surface area (Å²) in [7, 11) is -2.95. The van der Waals surface area contributed by atoms with Crippen molar-refractivity contribution >= 4 is 15.7 Å². The molecule has 204 valence electrons. The summed E-state index contributed by atoms with van der Waals surface area (Å²) in [5, 5.41) is 24.7. The molecular weight excluding hydrogens is 508 g/mol. The lowest BCUT2D eigenvalue weighted by atomic mass is 9.83. The van der Waals surface area contributed by atoms with Crippen molar-refractivity contribution in [1.82, 2.24) is 30.5 Å². The topological polar surface area (TPSA) is 149 Å². The molecule has 0 spiro atoms. The molecule has 1 fully saturated rings. The standard InChI is InChI=1S/C26H34N6O5S/c1-18-12-22(14-24(28-18)26(34)27-15-21-4-3-5-23(13-21)37-11-10-33)25-29-31-32(30-25)16-19-6-8-20(9-7-19)17-38(2,35)36/h3-5,12-14,19-20,33H,6-11,15-17H2,1-2H3,(H,27,34)/t19-,20-. The molecule has 0 atom stereocenters. The van der Waals surface area contributed by atoms with Crippen LogP contribution < -0.4 is 10.1 Å². The summed E-state index contributed by atoms with van der Waals surface area (Å²) < 4.78 is 28.6. The lowest BCUT2D eigenvalue weighted by Crippen LogP contribution is -2.24. The first-order valence-electron chi connectivity index (χ1n) is 12.7. The van der Waals surface area contributed by atoms with Crippen LogP contribution in [0.4, 0.5) is 0 Å². The van der Waals surface area contributed by atoms with Gasteiger partial charge < -0.3 is 15.2 Å². The average Bonchev–Trinajstić information content (AvgIpc) is 3.35. The maximum Gasteiger partial charge on any atom is 0.270 e. The predicted molar refractivity (Wildman–Crippen MR) is 141 cm³/mol. The van der Waals surface area contributed by atoms with E-state index in [9.17, 15) is 13.2 Å². The molecule has 38 heavy (non-hydrogen) atoms. The third-order valence-electron chi connectivity index (χ3n) is 6.53. The first kappa shape index (κ1) is 27.6. The molecule has 1 aromatic carbocycles. The summed E-state index contributed by atoms with van der Waals surface area (Å²) in [6, 6.07) is 10.8. The van der Waals surface area contributed by atoms with E-state index in [1.54, 1.807) is 16.9 Å². The smallest absolute Gasteiger partial charge is 0.270 e. The summed E-state index contributed by atoms with van der Waals surface area (Å²) in [6.07, 6.45) is 4.95. The second kappa shape index (κ2) is 12.4. The molecule has 1 aliphatic carbocycles. The van der Waals surface area contributed by atoms with Gasteiger partial charge in [-0.3, -0.25) is 4.79 Å². The fraction of sp³-hybridized carbons (Fsp3) is 0.500. The molecule has 1 saturated carbocycles. The Hall–Kier alpha value is -3.38. The van der Waals surface area contributed by atoms with Crippen LogP contribution in [0.2, 0.25) is 0 Å². The Morgan fingerprint density at radius 2 is 1.92 bits per heavy atom. The number of aliphatic hydroxyl groups is 1. The highest BCUT2D eigenvalue weighted by Gasteiger charge is 2.25. The van der Waals surface area contributed by atoms with Gasteiger partial charge in [-0.15, -0.1) is 10.2 Å². The minimum atomic E-state index is -2.95. The van der Waals surface area contributed by atoms with Crippen LogP contribution in [0.1, 0.15) is 47.4 Å². The van der Waals surface area contributed by atoms with Crippen molar-refractivity contribution in [1.29, 1.82) is 0 Å². The van der Waals surface area contributed by atoms with Gasteiger partial charge in [0, 0.05) is 24.1 Å². The molecule has 0 bridgehead atoms. The number of nitrogens with zero attached hydrogens (tertiary/aromatic N) is 5. The maximum atomic E-state index is 12.9. The number of hydrogen-bond donors (Lipinski definition) is 2. The number of ether oxygens (including phenoxy) is 1. The zero-order valence-corrected chi connectivity index (χ0v) is 22.5. The van der Waals surface area contributed by atoms with Crippen LogP contribution >= 0.6 is 0 Å². The molecule has 3 aromatic rings. The van der Waals surface area contributed by atoms with Crippen molar-refractivity contribution in [2.75, 3.05) is 25.2 Å². The van der Waals surface area contributed by atoms with Crippen molar-refractivity contribution < 1.29 is 23.1 Å². The van der Waals surface area contributed by atoms with Crippen molar-refractivity contribution in [2.24, 2.45) is 11.8 Å². The highest BCUT2D eigenvalue weighted by atomic mass is 32.2. The van der Waals surface area contributed by atoms with Gasteiger partial charge in [0.2, 0.25) is 5.82 Å². The Morgan fingerprint density at radius 1 is 1.16 bits per heavy atom. The Bertz CT molecular complexity index is 1350. The third-order valence-corrected chi connectivity index (χ3v) is 7.61. The second-order valence-corrected chi connectivity index (χ2v) is 12.1. The number of carbonyl (C=O) groups is 1. The minimum absolute atomic E-state index is 0.0702. The number of hydrogen-bond acceptors (Lipinski definition) is 9. The summed E-state index contributed by atoms with van der Waals surface area (Å²) in [6.45, 7) is 2.86. The van der Waals surface area contributed by atoms with E-state index in [2.05, 4.69) is 25.7 Å². The van der Waals surface area contributed by atoms with E-state index in [0.717, 1.165) is 31.2 Å². The highest BCUT2D eigenvalue weighted by Crippen LogP contribution is 2.30. The van der Waals surface area contributed by atoms with E-state index >= 15 is 0 Å². The summed E-state index contributed by atoms with van der Waals surface area (Å²) >= 11 is 0. The van der Waals surface area contributed by atoms with Gasteiger partial charge in [0.05, 0.1) is 18.9 Å². The molecule has 11 nitrogen and oxygen atoms in total. The predicted octanol–water partition coefficient (Wildman–Crippen LogP) is 2.20. The molecule has 1 amide bonds. The van der Waals surface area contributed by atoms with Crippen LogP contribution in [0.15, 0.2) is 36.4 Å². The number of pyridine rings is 1. The number of sulfone groups is 1. The van der Waals surface area contributed by atoms with Gasteiger partial charge in [-0.1, -0.05) is 12.1 Å². The van der Waals surface area contributed by atoms with E-state index in [1.165, 1.54) is 6.26 Å².